The molecule has 2 aromatic rings. The van der Waals surface area contributed by atoms with Crippen molar-refractivity contribution in [2.75, 3.05) is 39.8 Å². The minimum atomic E-state index is -0.0774. The van der Waals surface area contributed by atoms with E-state index in [1.807, 2.05) is 36.4 Å². The maximum Gasteiger partial charge on any atom is 0.258 e. The van der Waals surface area contributed by atoms with Crippen LogP contribution in [0.2, 0.25) is 0 Å². The van der Waals surface area contributed by atoms with E-state index >= 15 is 0 Å². The molecule has 1 heterocycles. The molecule has 5 heteroatoms. The van der Waals surface area contributed by atoms with Crippen LogP contribution in [0.25, 0.3) is 0 Å². The van der Waals surface area contributed by atoms with Crippen LogP contribution in [0.5, 0.6) is 5.75 Å². The van der Waals surface area contributed by atoms with Gasteiger partial charge in [0.25, 0.3) is 5.91 Å². The summed E-state index contributed by atoms with van der Waals surface area (Å²) in [5, 5.41) is 3.17. The minimum absolute atomic E-state index is 0.0349. The predicted octanol–water partition coefficient (Wildman–Crippen LogP) is -0.275. The molecule has 27 heavy (non-hydrogen) atoms. The maximum absolute atomic E-state index is 12.4. The Labute approximate surface area is 161 Å². The molecular weight excluding hydrogens is 338 g/mol. The van der Waals surface area contributed by atoms with E-state index in [1.54, 1.807) is 9.80 Å². The number of hydrogen-bond acceptors (Lipinski definition) is 2. The second-order valence-corrected chi connectivity index (χ2v) is 7.46. The van der Waals surface area contributed by atoms with E-state index in [9.17, 15) is 4.79 Å². The van der Waals surface area contributed by atoms with Crippen LogP contribution in [0.15, 0.2) is 60.7 Å². The molecule has 3 N–H and O–H groups in total. The van der Waals surface area contributed by atoms with Crippen molar-refractivity contribution in [3.63, 3.8) is 0 Å². The summed E-state index contributed by atoms with van der Waals surface area (Å²) in [6.45, 7) is 6.71. The third-order valence-electron chi connectivity index (χ3n) is 5.35. The Balaban J connectivity index is 1.63. The summed E-state index contributed by atoms with van der Waals surface area (Å²) < 4.78 is 5.59. The molecule has 0 spiro atoms. The Morgan fingerprint density at radius 1 is 1.00 bits per heavy atom. The van der Waals surface area contributed by atoms with Gasteiger partial charge in [-0.1, -0.05) is 48.5 Å². The first kappa shape index (κ1) is 19.4. The van der Waals surface area contributed by atoms with Crippen LogP contribution >= 0.6 is 0 Å². The van der Waals surface area contributed by atoms with Crippen molar-refractivity contribution < 1.29 is 19.3 Å². The zero-order valence-corrected chi connectivity index (χ0v) is 16.3. The molecule has 0 bridgehead atoms. The molecule has 144 valence electrons. The lowest BCUT2D eigenvalue weighted by molar-refractivity contribution is -1.02. The number of quaternary nitrogens is 2. The Bertz CT molecular complexity index is 700. The van der Waals surface area contributed by atoms with Crippen molar-refractivity contribution >= 4 is 5.91 Å². The van der Waals surface area contributed by atoms with Gasteiger partial charge in [-0.05, 0) is 19.1 Å². The minimum Gasteiger partial charge on any atom is -0.484 e. The molecule has 2 atom stereocenters. The molecule has 1 aliphatic rings. The van der Waals surface area contributed by atoms with Crippen LogP contribution in [0.4, 0.5) is 0 Å². The number of ether oxygens (including phenoxy) is 1. The fourth-order valence-electron chi connectivity index (χ4n) is 3.89. The van der Waals surface area contributed by atoms with Gasteiger partial charge in [0.15, 0.2) is 6.61 Å². The number of piperazine rings is 1. The zero-order chi connectivity index (χ0) is 19.1. The Morgan fingerprint density at radius 3 is 2.22 bits per heavy atom. The molecule has 1 amide bonds. The highest BCUT2D eigenvalue weighted by molar-refractivity contribution is 5.77. The number of nitrogens with one attached hydrogen (secondary N) is 3. The molecule has 1 fully saturated rings. The largest absolute Gasteiger partial charge is 0.484 e. The lowest BCUT2D eigenvalue weighted by Gasteiger charge is -2.36. The highest BCUT2D eigenvalue weighted by atomic mass is 16.5. The number of carbonyl (C=O) groups excluding carboxylic acids is 1. The second kappa shape index (κ2) is 9.53. The number of hydrogen-bond donors (Lipinski definition) is 3. The van der Waals surface area contributed by atoms with Crippen LogP contribution in [0.1, 0.15) is 18.5 Å². The maximum atomic E-state index is 12.4. The van der Waals surface area contributed by atoms with Gasteiger partial charge in [-0.15, -0.1) is 0 Å². The molecule has 5 nitrogen and oxygen atoms in total. The van der Waals surface area contributed by atoms with Gasteiger partial charge >= 0.3 is 0 Å². The molecule has 0 aromatic heterocycles. The molecule has 0 radical (unpaired) electrons. The second-order valence-electron chi connectivity index (χ2n) is 7.46. The summed E-state index contributed by atoms with van der Waals surface area (Å²) >= 11 is 0. The standard InChI is InChI=1S/C22H29N3O2/c1-18(23-21(26)17-27-20-11-7-4-8-12-20)22(19-9-5-3-6-10-19)25-15-13-24(2)14-16-25/h3-12,18,22H,13-17H2,1-2H3,(H,23,26)/p+2/t18-,22-/m1/s1. The number of amides is 1. The van der Waals surface area contributed by atoms with Crippen molar-refractivity contribution in [2.45, 2.75) is 19.0 Å². The molecule has 0 unspecified atom stereocenters. The molecule has 1 saturated heterocycles. The quantitative estimate of drug-likeness (QED) is 0.629. The van der Waals surface area contributed by atoms with Gasteiger partial charge in [-0.2, -0.15) is 0 Å². The average molecular weight is 370 g/mol. The number of benzene rings is 2. The van der Waals surface area contributed by atoms with Crippen LogP contribution < -0.4 is 19.9 Å². The van der Waals surface area contributed by atoms with Crippen LogP contribution in [0, 0.1) is 0 Å². The van der Waals surface area contributed by atoms with Gasteiger partial charge in [0, 0.05) is 5.56 Å². The van der Waals surface area contributed by atoms with Crippen molar-refractivity contribution in [3.05, 3.63) is 66.2 Å². The van der Waals surface area contributed by atoms with Gasteiger partial charge in [-0.25, -0.2) is 0 Å². The highest BCUT2D eigenvalue weighted by Gasteiger charge is 2.34. The first-order valence-electron chi connectivity index (χ1n) is 9.81. The Kier molecular flexibility index (Phi) is 6.85. The summed E-state index contributed by atoms with van der Waals surface area (Å²) in [5.41, 5.74) is 1.28. The van der Waals surface area contributed by atoms with Crippen LogP contribution in [-0.4, -0.2) is 51.8 Å². The van der Waals surface area contributed by atoms with Gasteiger partial charge < -0.3 is 19.9 Å². The molecule has 0 aliphatic carbocycles. The highest BCUT2D eigenvalue weighted by Crippen LogP contribution is 2.14. The summed E-state index contributed by atoms with van der Waals surface area (Å²) in [4.78, 5) is 15.6. The monoisotopic (exact) mass is 369 g/mol. The van der Waals surface area contributed by atoms with Crippen LogP contribution in [-0.2, 0) is 4.79 Å². The molecule has 3 rings (SSSR count). The zero-order valence-electron chi connectivity index (χ0n) is 16.3. The number of likely N-dealkylation sites (N-methyl/N-ethyl adjacent to an activating group) is 1. The fraction of sp³-hybridized carbons (Fsp3) is 0.409. The van der Waals surface area contributed by atoms with Crippen molar-refractivity contribution in [1.29, 1.82) is 0 Å². The number of carbonyl (C=O) groups is 1. The van der Waals surface area contributed by atoms with Gasteiger partial charge in [-0.3, -0.25) is 4.79 Å². The predicted molar refractivity (Wildman–Crippen MR) is 106 cm³/mol. The fourth-order valence-corrected chi connectivity index (χ4v) is 3.89. The molecule has 0 saturated carbocycles. The lowest BCUT2D eigenvalue weighted by Crippen LogP contribution is -3.27. The first-order valence-corrected chi connectivity index (χ1v) is 9.81. The van der Waals surface area contributed by atoms with E-state index in [2.05, 4.69) is 43.6 Å². The summed E-state index contributed by atoms with van der Waals surface area (Å²) in [5.74, 6) is 0.638. The van der Waals surface area contributed by atoms with Crippen LogP contribution in [0.3, 0.4) is 0 Å². The third kappa shape index (κ3) is 5.55. The summed E-state index contributed by atoms with van der Waals surface area (Å²) in [6, 6.07) is 20.3. The van der Waals surface area contributed by atoms with Gasteiger partial charge in [0.1, 0.15) is 38.0 Å². The molecular formula is C22H31N3O2+2. The topological polar surface area (TPSA) is 47.2 Å². The normalized spacial score (nSPS) is 21.9. The van der Waals surface area contributed by atoms with E-state index in [1.165, 1.54) is 5.56 Å². The van der Waals surface area contributed by atoms with E-state index in [0.717, 1.165) is 26.2 Å². The van der Waals surface area contributed by atoms with Crippen molar-refractivity contribution in [2.24, 2.45) is 0 Å². The summed E-state index contributed by atoms with van der Waals surface area (Å²) in [6.07, 6.45) is 0. The van der Waals surface area contributed by atoms with E-state index in [0.29, 0.717) is 5.75 Å². The smallest absolute Gasteiger partial charge is 0.258 e. The average Bonchev–Trinajstić information content (AvgIpc) is 2.70. The first-order chi connectivity index (χ1) is 13.1. The molecule has 1 aliphatic heterocycles. The molecule has 2 aromatic carbocycles. The SMILES string of the molecule is C[C@@H](NC(=O)COc1ccccc1)[C@H](c1ccccc1)[NH+]1CC[NH+](C)CC1. The van der Waals surface area contributed by atoms with E-state index in [4.69, 9.17) is 4.74 Å². The van der Waals surface area contributed by atoms with E-state index in [-0.39, 0.29) is 24.6 Å². The van der Waals surface area contributed by atoms with Crippen molar-refractivity contribution in [3.8, 4) is 5.75 Å². The number of rotatable bonds is 7. The van der Waals surface area contributed by atoms with E-state index < -0.39 is 0 Å². The number of para-hydroxylation sites is 1. The Morgan fingerprint density at radius 2 is 1.59 bits per heavy atom. The third-order valence-corrected chi connectivity index (χ3v) is 5.35. The Hall–Kier alpha value is -2.37. The lowest BCUT2D eigenvalue weighted by atomic mass is 9.97. The van der Waals surface area contributed by atoms with Crippen molar-refractivity contribution in [1.82, 2.24) is 5.32 Å². The summed E-state index contributed by atoms with van der Waals surface area (Å²) in [7, 11) is 2.25. The van der Waals surface area contributed by atoms with Gasteiger partial charge in [0.2, 0.25) is 0 Å². The van der Waals surface area contributed by atoms with Gasteiger partial charge in [0.05, 0.1) is 13.1 Å².